The largest absolute Gasteiger partial charge is 0.303 e. The molecule has 0 spiro atoms. The lowest BCUT2D eigenvalue weighted by Gasteiger charge is -2.55. The van der Waals surface area contributed by atoms with E-state index in [0.29, 0.717) is 41.3 Å². The van der Waals surface area contributed by atoms with Gasteiger partial charge in [-0.05, 0) is 85.4 Å². The fraction of sp³-hybridized carbons (Fsp3) is 0.933. The number of hydrogen-bond donors (Lipinski definition) is 0. The normalized spacial score (nSPS) is 41.0. The molecule has 3 aliphatic rings. The highest BCUT2D eigenvalue weighted by Gasteiger charge is 2.58. The van der Waals surface area contributed by atoms with E-state index in [-0.39, 0.29) is 5.41 Å². The smallest absolute Gasteiger partial charge is 0.139 e. The molecule has 0 aromatic carbocycles. The van der Waals surface area contributed by atoms with E-state index in [9.17, 15) is 9.59 Å². The van der Waals surface area contributed by atoms with Gasteiger partial charge in [0.25, 0.3) is 0 Å². The molecule has 0 radical (unpaired) electrons. The van der Waals surface area contributed by atoms with Crippen LogP contribution in [0.3, 0.4) is 0 Å². The summed E-state index contributed by atoms with van der Waals surface area (Å²) >= 11 is 0. The number of aldehydes is 1. The van der Waals surface area contributed by atoms with Crippen molar-refractivity contribution in [1.29, 1.82) is 0 Å². The van der Waals surface area contributed by atoms with Crippen molar-refractivity contribution >= 4 is 12.1 Å². The molecule has 3 rings (SSSR count). The van der Waals surface area contributed by atoms with Crippen LogP contribution in [0.5, 0.6) is 0 Å². The molecule has 0 saturated heterocycles. The fourth-order valence-electron chi connectivity index (χ4n) is 8.83. The summed E-state index contributed by atoms with van der Waals surface area (Å²) < 4.78 is 0. The molecule has 0 heterocycles. The Balaban J connectivity index is 1.75. The number of ketones is 1. The van der Waals surface area contributed by atoms with E-state index in [1.54, 1.807) is 0 Å². The first-order valence-electron chi connectivity index (χ1n) is 14.1. The van der Waals surface area contributed by atoms with Gasteiger partial charge in [-0.2, -0.15) is 0 Å². The Labute approximate surface area is 199 Å². The average molecular weight is 445 g/mol. The molecule has 8 atom stereocenters. The second kappa shape index (κ2) is 10.7. The predicted molar refractivity (Wildman–Crippen MR) is 134 cm³/mol. The first-order chi connectivity index (χ1) is 15.2. The zero-order valence-electron chi connectivity index (χ0n) is 22.1. The van der Waals surface area contributed by atoms with Crippen LogP contribution in [-0.4, -0.2) is 12.1 Å². The Morgan fingerprint density at radius 2 is 1.75 bits per heavy atom. The summed E-state index contributed by atoms with van der Waals surface area (Å²) in [5.74, 6) is 4.93. The Kier molecular flexibility index (Phi) is 8.70. The molecular weight excluding hydrogens is 392 g/mol. The minimum atomic E-state index is -0.194. The van der Waals surface area contributed by atoms with Crippen LogP contribution >= 0.6 is 0 Å². The molecule has 3 aliphatic carbocycles. The summed E-state index contributed by atoms with van der Waals surface area (Å²) in [5.41, 5.74) is 0.167. The van der Waals surface area contributed by atoms with Crippen molar-refractivity contribution in [2.45, 2.75) is 125 Å². The van der Waals surface area contributed by atoms with Gasteiger partial charge in [0.05, 0.1) is 0 Å². The summed E-state index contributed by atoms with van der Waals surface area (Å²) in [4.78, 5) is 25.3. The molecule has 2 heteroatoms. The van der Waals surface area contributed by atoms with E-state index >= 15 is 0 Å². The maximum absolute atomic E-state index is 13.5. The highest BCUT2D eigenvalue weighted by Crippen LogP contribution is 2.65. The molecule has 0 aromatic rings. The Hall–Kier alpha value is -0.660. The Bertz CT molecular complexity index is 639. The van der Waals surface area contributed by atoms with Gasteiger partial charge in [0.1, 0.15) is 12.1 Å². The molecule has 3 saturated carbocycles. The molecule has 0 aromatic heterocycles. The van der Waals surface area contributed by atoms with Crippen LogP contribution in [0.15, 0.2) is 0 Å². The molecule has 0 N–H and O–H groups in total. The average Bonchev–Trinajstić information content (AvgIpc) is 3.08. The third kappa shape index (κ3) is 5.05. The van der Waals surface area contributed by atoms with Crippen LogP contribution in [0.2, 0.25) is 0 Å². The van der Waals surface area contributed by atoms with Gasteiger partial charge in [0.2, 0.25) is 0 Å². The van der Waals surface area contributed by atoms with Crippen molar-refractivity contribution in [3.63, 3.8) is 0 Å². The second-order valence-corrected chi connectivity index (χ2v) is 13.0. The summed E-state index contributed by atoms with van der Waals surface area (Å²) in [7, 11) is 0. The highest BCUT2D eigenvalue weighted by molar-refractivity contribution is 5.85. The molecule has 0 aliphatic heterocycles. The first-order valence-corrected chi connectivity index (χ1v) is 14.1. The summed E-state index contributed by atoms with van der Waals surface area (Å²) in [6.07, 6.45) is 16.3. The highest BCUT2D eigenvalue weighted by atomic mass is 16.1. The van der Waals surface area contributed by atoms with E-state index < -0.39 is 0 Å². The Morgan fingerprint density at radius 1 is 1.00 bits per heavy atom. The Morgan fingerprint density at radius 3 is 2.38 bits per heavy atom. The molecule has 2 nitrogen and oxygen atoms in total. The minimum absolute atomic E-state index is 0.194. The zero-order valence-corrected chi connectivity index (χ0v) is 22.1. The summed E-state index contributed by atoms with van der Waals surface area (Å²) in [5, 5.41) is 0. The van der Waals surface area contributed by atoms with Crippen molar-refractivity contribution < 1.29 is 9.59 Å². The minimum Gasteiger partial charge on any atom is -0.303 e. The first kappa shape index (κ1) is 26.0. The maximum atomic E-state index is 13.5. The summed E-state index contributed by atoms with van der Waals surface area (Å²) in [6, 6.07) is 0. The van der Waals surface area contributed by atoms with Crippen molar-refractivity contribution in [2.24, 2.45) is 52.3 Å². The number of Topliss-reactive ketones (excluding diaryl/α,β-unsaturated/α-hetero) is 1. The van der Waals surface area contributed by atoms with E-state index in [2.05, 4.69) is 41.5 Å². The van der Waals surface area contributed by atoms with E-state index in [0.717, 1.165) is 37.0 Å². The van der Waals surface area contributed by atoms with Crippen LogP contribution in [0, 0.1) is 52.3 Å². The van der Waals surface area contributed by atoms with Gasteiger partial charge in [-0.25, -0.2) is 0 Å². The van der Waals surface area contributed by atoms with Crippen LogP contribution < -0.4 is 0 Å². The van der Waals surface area contributed by atoms with Crippen LogP contribution in [0.4, 0.5) is 0 Å². The van der Waals surface area contributed by atoms with E-state index in [4.69, 9.17) is 0 Å². The third-order valence-electron chi connectivity index (χ3n) is 10.7. The van der Waals surface area contributed by atoms with Crippen molar-refractivity contribution in [3.8, 4) is 0 Å². The van der Waals surface area contributed by atoms with Gasteiger partial charge in [0, 0.05) is 18.3 Å². The van der Waals surface area contributed by atoms with Gasteiger partial charge < -0.3 is 4.79 Å². The van der Waals surface area contributed by atoms with Gasteiger partial charge in [-0.15, -0.1) is 0 Å². The molecule has 0 amide bonds. The molecular formula is C30H52O2. The van der Waals surface area contributed by atoms with Crippen LogP contribution in [-0.2, 0) is 9.59 Å². The van der Waals surface area contributed by atoms with Crippen LogP contribution in [0.1, 0.15) is 125 Å². The quantitative estimate of drug-likeness (QED) is 0.318. The zero-order chi connectivity index (χ0) is 23.5. The lowest BCUT2D eigenvalue weighted by molar-refractivity contribution is -0.144. The third-order valence-corrected chi connectivity index (χ3v) is 10.7. The summed E-state index contributed by atoms with van der Waals surface area (Å²) in [6.45, 7) is 14.2. The second-order valence-electron chi connectivity index (χ2n) is 13.0. The molecule has 0 bridgehead atoms. The maximum Gasteiger partial charge on any atom is 0.139 e. The number of rotatable bonds is 10. The molecule has 4 unspecified atom stereocenters. The van der Waals surface area contributed by atoms with Gasteiger partial charge in [-0.3, -0.25) is 4.79 Å². The van der Waals surface area contributed by atoms with E-state index in [1.807, 2.05) is 0 Å². The molecule has 3 fully saturated rings. The van der Waals surface area contributed by atoms with Gasteiger partial charge >= 0.3 is 0 Å². The monoisotopic (exact) mass is 444 g/mol. The van der Waals surface area contributed by atoms with Crippen LogP contribution in [0.25, 0.3) is 0 Å². The number of fused-ring (bicyclic) bond motifs is 1. The van der Waals surface area contributed by atoms with Gasteiger partial charge in [-0.1, -0.05) is 73.6 Å². The standard InChI is InChI=1S/C30H52O2/c1-7-9-23-14-17-30(6,28(32)20-23)27-15-18-29(5)25(22(4)11-8-10-21(2)3)12-13-26(29)24(27)16-19-31/h19,21-27H,7-18,20H2,1-6H3/t22-,23?,24?,25-,26?,27?,29-,30-/m1/s1. The van der Waals surface area contributed by atoms with Crippen molar-refractivity contribution in [2.75, 3.05) is 0 Å². The fourth-order valence-corrected chi connectivity index (χ4v) is 8.83. The lowest BCUT2D eigenvalue weighted by atomic mass is 9.49. The number of carbonyl (C=O) groups is 2. The number of hydrogen-bond acceptors (Lipinski definition) is 2. The molecule has 32 heavy (non-hydrogen) atoms. The van der Waals surface area contributed by atoms with E-state index in [1.165, 1.54) is 64.1 Å². The lowest BCUT2D eigenvalue weighted by Crippen LogP contribution is -2.51. The van der Waals surface area contributed by atoms with Crippen molar-refractivity contribution in [3.05, 3.63) is 0 Å². The topological polar surface area (TPSA) is 34.1 Å². The van der Waals surface area contributed by atoms with Crippen molar-refractivity contribution in [1.82, 2.24) is 0 Å². The number of carbonyl (C=O) groups excluding carboxylic acids is 2. The molecule has 184 valence electrons. The van der Waals surface area contributed by atoms with Gasteiger partial charge in [0.15, 0.2) is 0 Å². The predicted octanol–water partition coefficient (Wildman–Crippen LogP) is 8.27. The SMILES string of the molecule is CCCC1CC[C@](C)(C2CC[C@@]3(C)C(CC[C@@H]3[C@H](C)CCCC(C)C)C2CC=O)C(=O)C1.